The van der Waals surface area contributed by atoms with Crippen LogP contribution in [0.4, 0.5) is 0 Å². The second-order valence-electron chi connectivity index (χ2n) is 6.55. The van der Waals surface area contributed by atoms with Gasteiger partial charge in [-0.25, -0.2) is 4.79 Å². The van der Waals surface area contributed by atoms with Gasteiger partial charge >= 0.3 is 5.97 Å². The average Bonchev–Trinajstić information content (AvgIpc) is 2.49. The van der Waals surface area contributed by atoms with Crippen molar-refractivity contribution in [3.05, 3.63) is 59.2 Å². The van der Waals surface area contributed by atoms with Crippen molar-refractivity contribution >= 4 is 5.97 Å². The first-order chi connectivity index (χ1) is 10.3. The van der Waals surface area contributed by atoms with Crippen LogP contribution < -0.4 is 0 Å². The third-order valence-electron chi connectivity index (χ3n) is 4.61. The van der Waals surface area contributed by atoms with Crippen LogP contribution in [0.15, 0.2) is 48.1 Å². The van der Waals surface area contributed by atoms with E-state index in [4.69, 9.17) is 0 Å². The van der Waals surface area contributed by atoms with Crippen LogP contribution in [0, 0.1) is 5.41 Å². The number of hydrogen-bond donors (Lipinski definition) is 1. The summed E-state index contributed by atoms with van der Waals surface area (Å²) in [6.45, 7) is 5.97. The minimum Gasteiger partial charge on any atom is -0.466 e. The van der Waals surface area contributed by atoms with Gasteiger partial charge in [-0.2, -0.15) is 0 Å². The molecule has 0 saturated heterocycles. The molecule has 0 heterocycles. The molecule has 1 aromatic rings. The van der Waals surface area contributed by atoms with Crippen LogP contribution in [-0.2, 0) is 21.6 Å². The predicted molar refractivity (Wildman–Crippen MR) is 87.4 cm³/mol. The van der Waals surface area contributed by atoms with E-state index in [1.54, 1.807) is 12.2 Å². The average molecular weight is 300 g/mol. The molecule has 1 aromatic carbocycles. The topological polar surface area (TPSA) is 46.5 Å². The van der Waals surface area contributed by atoms with Crippen molar-refractivity contribution in [2.24, 2.45) is 5.41 Å². The summed E-state index contributed by atoms with van der Waals surface area (Å²) < 4.78 is 4.62. The maximum Gasteiger partial charge on any atom is 0.330 e. The molecule has 0 saturated carbocycles. The second kappa shape index (κ2) is 6.09. The van der Waals surface area contributed by atoms with Crippen molar-refractivity contribution in [3.63, 3.8) is 0 Å². The van der Waals surface area contributed by atoms with Gasteiger partial charge in [-0.3, -0.25) is 0 Å². The summed E-state index contributed by atoms with van der Waals surface area (Å²) in [6, 6.07) is 8.01. The molecular formula is C19H24O3. The molecule has 0 aromatic heterocycles. The fraction of sp³-hybridized carbons (Fsp3) is 0.421. The maximum atomic E-state index is 11.4. The highest BCUT2D eigenvalue weighted by Gasteiger charge is 2.46. The Balaban J connectivity index is 2.42. The van der Waals surface area contributed by atoms with Crippen LogP contribution in [0.1, 0.15) is 38.3 Å². The molecule has 0 spiro atoms. The molecule has 0 bridgehead atoms. The van der Waals surface area contributed by atoms with Crippen molar-refractivity contribution in [3.8, 4) is 0 Å². The fourth-order valence-electron chi connectivity index (χ4n) is 2.97. The summed E-state index contributed by atoms with van der Waals surface area (Å²) in [5, 5.41) is 11.4. The van der Waals surface area contributed by atoms with Crippen LogP contribution in [-0.4, -0.2) is 18.2 Å². The zero-order valence-electron chi connectivity index (χ0n) is 13.7. The van der Waals surface area contributed by atoms with E-state index in [-0.39, 0.29) is 5.41 Å². The number of rotatable bonds is 3. The Bertz CT molecular complexity index is 625. The predicted octanol–water partition coefficient (Wildman–Crippen LogP) is 3.52. The fourth-order valence-corrected chi connectivity index (χ4v) is 2.97. The van der Waals surface area contributed by atoms with Crippen molar-refractivity contribution in [2.75, 3.05) is 7.11 Å². The number of benzene rings is 1. The Morgan fingerprint density at radius 2 is 2.00 bits per heavy atom. The van der Waals surface area contributed by atoms with Crippen molar-refractivity contribution in [1.29, 1.82) is 0 Å². The number of carbonyl (C=O) groups excluding carboxylic acids is 1. The van der Waals surface area contributed by atoms with Gasteiger partial charge in [-0.05, 0) is 42.5 Å². The normalized spacial score (nSPS) is 24.1. The molecule has 0 radical (unpaired) electrons. The number of aryl methyl sites for hydroxylation is 1. The molecule has 3 heteroatoms. The van der Waals surface area contributed by atoms with E-state index in [2.05, 4.69) is 24.7 Å². The minimum absolute atomic E-state index is 0.274. The van der Waals surface area contributed by atoms with E-state index >= 15 is 0 Å². The van der Waals surface area contributed by atoms with Gasteiger partial charge < -0.3 is 9.84 Å². The molecular weight excluding hydrogens is 276 g/mol. The highest BCUT2D eigenvalue weighted by Crippen LogP contribution is 2.49. The largest absolute Gasteiger partial charge is 0.466 e. The number of hydrogen-bond acceptors (Lipinski definition) is 3. The first kappa shape index (κ1) is 16.5. The smallest absolute Gasteiger partial charge is 0.330 e. The second-order valence-corrected chi connectivity index (χ2v) is 6.55. The molecule has 0 amide bonds. The third kappa shape index (κ3) is 3.00. The number of carbonyl (C=O) groups is 1. The molecule has 22 heavy (non-hydrogen) atoms. The lowest BCUT2D eigenvalue weighted by molar-refractivity contribution is -0.134. The number of esters is 1. The summed E-state index contributed by atoms with van der Waals surface area (Å²) in [4.78, 5) is 11.3. The van der Waals surface area contributed by atoms with E-state index in [0.29, 0.717) is 0 Å². The SMILES string of the molecule is COC(=O)/C=C(C)\C=C\C1(O)c2ccccc2CCC1(C)C. The van der Waals surface area contributed by atoms with Crippen molar-refractivity contribution in [1.82, 2.24) is 0 Å². The number of allylic oxidation sites excluding steroid dienone is 2. The molecule has 0 fully saturated rings. The van der Waals surface area contributed by atoms with Crippen LogP contribution >= 0.6 is 0 Å². The summed E-state index contributed by atoms with van der Waals surface area (Å²) in [7, 11) is 1.35. The Hall–Kier alpha value is -1.87. The van der Waals surface area contributed by atoms with Gasteiger partial charge in [-0.15, -0.1) is 0 Å². The molecule has 1 atom stereocenters. The zero-order chi connectivity index (χ0) is 16.4. The van der Waals surface area contributed by atoms with Gasteiger partial charge in [0.1, 0.15) is 5.60 Å². The van der Waals surface area contributed by atoms with Gasteiger partial charge in [-0.1, -0.05) is 44.2 Å². The van der Waals surface area contributed by atoms with Crippen LogP contribution in [0.5, 0.6) is 0 Å². The summed E-state index contributed by atoms with van der Waals surface area (Å²) in [5.74, 6) is -0.391. The first-order valence-electron chi connectivity index (χ1n) is 7.56. The number of ether oxygens (including phenoxy) is 1. The summed E-state index contributed by atoms with van der Waals surface area (Å²) >= 11 is 0. The van der Waals surface area contributed by atoms with Gasteiger partial charge in [0.05, 0.1) is 7.11 Å². The standard InChI is InChI=1S/C19H24O3/c1-14(13-17(20)22-4)9-12-19(21)16-8-6-5-7-15(16)10-11-18(19,2)3/h5-9,12-13,21H,10-11H2,1-4H3/b12-9+,14-13-. The van der Waals surface area contributed by atoms with Gasteiger partial charge in [0.15, 0.2) is 0 Å². The Kier molecular flexibility index (Phi) is 4.57. The Labute approximate surface area is 132 Å². The lowest BCUT2D eigenvalue weighted by Gasteiger charge is -2.46. The summed E-state index contributed by atoms with van der Waals surface area (Å²) in [6.07, 6.45) is 6.89. The van der Waals surface area contributed by atoms with Crippen molar-refractivity contribution in [2.45, 2.75) is 39.2 Å². The van der Waals surface area contributed by atoms with E-state index in [0.717, 1.165) is 24.0 Å². The van der Waals surface area contributed by atoms with Crippen LogP contribution in [0.2, 0.25) is 0 Å². The number of methoxy groups -OCH3 is 1. The highest BCUT2D eigenvalue weighted by molar-refractivity contribution is 5.83. The van der Waals surface area contributed by atoms with Gasteiger partial charge in [0.25, 0.3) is 0 Å². The zero-order valence-corrected chi connectivity index (χ0v) is 13.7. The molecule has 0 aliphatic heterocycles. The molecule has 1 N–H and O–H groups in total. The lowest BCUT2D eigenvalue weighted by Crippen LogP contribution is -2.44. The minimum atomic E-state index is -1.05. The highest BCUT2D eigenvalue weighted by atomic mass is 16.5. The molecule has 1 aliphatic rings. The quantitative estimate of drug-likeness (QED) is 0.528. The number of aliphatic hydroxyl groups is 1. The third-order valence-corrected chi connectivity index (χ3v) is 4.61. The summed E-state index contributed by atoms with van der Waals surface area (Å²) in [5.41, 5.74) is 1.56. The van der Waals surface area contributed by atoms with Crippen LogP contribution in [0.25, 0.3) is 0 Å². The van der Waals surface area contributed by atoms with E-state index in [1.807, 2.05) is 25.1 Å². The van der Waals surface area contributed by atoms with Gasteiger partial charge in [0.2, 0.25) is 0 Å². The monoisotopic (exact) mass is 300 g/mol. The Morgan fingerprint density at radius 1 is 1.32 bits per heavy atom. The van der Waals surface area contributed by atoms with E-state index in [1.165, 1.54) is 18.7 Å². The molecule has 1 aliphatic carbocycles. The lowest BCUT2D eigenvalue weighted by atomic mass is 9.62. The Morgan fingerprint density at radius 3 is 2.68 bits per heavy atom. The number of fused-ring (bicyclic) bond motifs is 1. The first-order valence-corrected chi connectivity index (χ1v) is 7.56. The molecule has 2 rings (SSSR count). The van der Waals surface area contributed by atoms with Crippen LogP contribution in [0.3, 0.4) is 0 Å². The van der Waals surface area contributed by atoms with Gasteiger partial charge in [0, 0.05) is 11.5 Å². The van der Waals surface area contributed by atoms with Crippen molar-refractivity contribution < 1.29 is 14.6 Å². The molecule has 118 valence electrons. The van der Waals surface area contributed by atoms with E-state index < -0.39 is 11.6 Å². The maximum absolute atomic E-state index is 11.4. The molecule has 1 unspecified atom stereocenters. The van der Waals surface area contributed by atoms with E-state index in [9.17, 15) is 9.90 Å². The molecule has 3 nitrogen and oxygen atoms in total.